The fourth-order valence-electron chi connectivity index (χ4n) is 3.54. The van der Waals surface area contributed by atoms with E-state index < -0.39 is 11.6 Å². The fraction of sp³-hybridized carbons (Fsp3) is 0.833. The SMILES string of the molecule is CCOC(C)(OC(C)(OCC)C(CCl)CCC=C(C)C)C(CCl)CCC=C(C)C. The molecule has 4 atom stereocenters. The predicted molar refractivity (Wildman–Crippen MR) is 127 cm³/mol. The van der Waals surface area contributed by atoms with Crippen molar-refractivity contribution in [3.05, 3.63) is 23.3 Å². The summed E-state index contributed by atoms with van der Waals surface area (Å²) in [6, 6.07) is 0. The van der Waals surface area contributed by atoms with E-state index in [0.717, 1.165) is 25.7 Å². The lowest BCUT2D eigenvalue weighted by atomic mass is 9.92. The van der Waals surface area contributed by atoms with Crippen molar-refractivity contribution in [3.63, 3.8) is 0 Å². The van der Waals surface area contributed by atoms with Gasteiger partial charge in [-0.15, -0.1) is 23.2 Å². The highest BCUT2D eigenvalue weighted by Crippen LogP contribution is 2.39. The smallest absolute Gasteiger partial charge is 0.172 e. The second-order valence-corrected chi connectivity index (χ2v) is 9.04. The zero-order valence-corrected chi connectivity index (χ0v) is 21.5. The second kappa shape index (κ2) is 14.9. The van der Waals surface area contributed by atoms with Crippen LogP contribution in [0.1, 0.15) is 81.1 Å². The third kappa shape index (κ3) is 10.7. The summed E-state index contributed by atoms with van der Waals surface area (Å²) in [7, 11) is 0. The van der Waals surface area contributed by atoms with E-state index in [4.69, 9.17) is 37.4 Å². The molecule has 0 saturated heterocycles. The van der Waals surface area contributed by atoms with Gasteiger partial charge in [-0.1, -0.05) is 23.3 Å². The summed E-state index contributed by atoms with van der Waals surface area (Å²) in [6.45, 7) is 17.5. The Morgan fingerprint density at radius 3 is 1.34 bits per heavy atom. The molecule has 0 aliphatic carbocycles. The first kappa shape index (κ1) is 28.9. The maximum absolute atomic E-state index is 6.67. The fourth-order valence-corrected chi connectivity index (χ4v) is 4.41. The van der Waals surface area contributed by atoms with E-state index in [1.54, 1.807) is 0 Å². The number of hydrogen-bond acceptors (Lipinski definition) is 3. The number of halogens is 2. The molecular weight excluding hydrogens is 407 g/mol. The summed E-state index contributed by atoms with van der Waals surface area (Å²) in [5.41, 5.74) is 2.61. The maximum Gasteiger partial charge on any atom is 0.172 e. The molecule has 0 aliphatic rings. The summed E-state index contributed by atoms with van der Waals surface area (Å²) in [6.07, 6.45) is 8.11. The largest absolute Gasteiger partial charge is 0.350 e. The highest BCUT2D eigenvalue weighted by atomic mass is 35.5. The van der Waals surface area contributed by atoms with E-state index in [0.29, 0.717) is 25.0 Å². The van der Waals surface area contributed by atoms with Crippen molar-refractivity contribution in [3.8, 4) is 0 Å². The monoisotopic (exact) mass is 450 g/mol. The molecule has 0 bridgehead atoms. The molecule has 0 aromatic carbocycles. The summed E-state index contributed by atoms with van der Waals surface area (Å²) < 4.78 is 19.0. The highest BCUT2D eigenvalue weighted by molar-refractivity contribution is 6.18. The van der Waals surface area contributed by atoms with Gasteiger partial charge in [-0.25, -0.2) is 0 Å². The highest BCUT2D eigenvalue weighted by Gasteiger charge is 2.46. The lowest BCUT2D eigenvalue weighted by molar-refractivity contribution is -0.374. The number of ether oxygens (including phenoxy) is 3. The molecular formula is C24H44Cl2O3. The van der Waals surface area contributed by atoms with E-state index >= 15 is 0 Å². The molecule has 0 spiro atoms. The van der Waals surface area contributed by atoms with Crippen molar-refractivity contribution >= 4 is 23.2 Å². The molecule has 5 heteroatoms. The number of alkyl halides is 2. The zero-order chi connectivity index (χ0) is 22.5. The molecule has 3 nitrogen and oxygen atoms in total. The minimum Gasteiger partial charge on any atom is -0.350 e. The Morgan fingerprint density at radius 2 is 1.10 bits per heavy atom. The minimum atomic E-state index is -0.850. The van der Waals surface area contributed by atoms with Crippen molar-refractivity contribution in [1.29, 1.82) is 0 Å². The van der Waals surface area contributed by atoms with Crippen molar-refractivity contribution in [1.82, 2.24) is 0 Å². The molecule has 0 aromatic rings. The van der Waals surface area contributed by atoms with Gasteiger partial charge in [0.05, 0.1) is 0 Å². The molecule has 172 valence electrons. The van der Waals surface area contributed by atoms with Gasteiger partial charge in [0.1, 0.15) is 0 Å². The van der Waals surface area contributed by atoms with Crippen LogP contribution in [-0.4, -0.2) is 36.5 Å². The van der Waals surface area contributed by atoms with Crippen LogP contribution in [0.3, 0.4) is 0 Å². The quantitative estimate of drug-likeness (QED) is 0.137. The Morgan fingerprint density at radius 1 is 0.759 bits per heavy atom. The third-order valence-corrected chi connectivity index (χ3v) is 6.00. The standard InChI is InChI=1S/C24H44Cl2O3/c1-9-27-23(7,21(17-25)15-11-13-19(3)4)29-24(8,28-10-2)22(18-26)16-12-14-20(5)6/h13-14,21-22H,9-12,15-18H2,1-8H3. The van der Waals surface area contributed by atoms with E-state index in [2.05, 4.69) is 39.8 Å². The van der Waals surface area contributed by atoms with Gasteiger partial charge in [0.15, 0.2) is 11.6 Å². The molecule has 0 saturated carbocycles. The van der Waals surface area contributed by atoms with Gasteiger partial charge in [-0.3, -0.25) is 0 Å². The van der Waals surface area contributed by atoms with Gasteiger partial charge >= 0.3 is 0 Å². The van der Waals surface area contributed by atoms with E-state index in [1.807, 2.05) is 27.7 Å². The molecule has 0 N–H and O–H groups in total. The van der Waals surface area contributed by atoms with Crippen LogP contribution < -0.4 is 0 Å². The van der Waals surface area contributed by atoms with Crippen LogP contribution in [-0.2, 0) is 14.2 Å². The Balaban J connectivity index is 5.65. The van der Waals surface area contributed by atoms with Gasteiger partial charge in [-0.2, -0.15) is 0 Å². The van der Waals surface area contributed by atoms with Crippen LogP contribution in [0, 0.1) is 11.8 Å². The maximum atomic E-state index is 6.67. The molecule has 0 aromatic heterocycles. The lowest BCUT2D eigenvalue weighted by Gasteiger charge is -2.46. The first-order valence-electron chi connectivity index (χ1n) is 10.9. The van der Waals surface area contributed by atoms with E-state index in [-0.39, 0.29) is 11.8 Å². The number of rotatable bonds is 16. The number of allylic oxidation sites excluding steroid dienone is 4. The Labute approximate surface area is 190 Å². The van der Waals surface area contributed by atoms with Gasteiger partial charge < -0.3 is 14.2 Å². The number of hydrogen-bond donors (Lipinski definition) is 0. The predicted octanol–water partition coefficient (Wildman–Crippen LogP) is 7.71. The van der Waals surface area contributed by atoms with E-state index in [1.165, 1.54) is 11.1 Å². The van der Waals surface area contributed by atoms with E-state index in [9.17, 15) is 0 Å². The van der Waals surface area contributed by atoms with Crippen molar-refractivity contribution in [2.45, 2.75) is 92.6 Å². The van der Waals surface area contributed by atoms with Gasteiger partial charge in [0.2, 0.25) is 0 Å². The van der Waals surface area contributed by atoms with Crippen LogP contribution in [0.2, 0.25) is 0 Å². The minimum absolute atomic E-state index is 0.0354. The van der Waals surface area contributed by atoms with Gasteiger partial charge in [0, 0.05) is 36.8 Å². The Kier molecular flexibility index (Phi) is 14.8. The molecule has 0 heterocycles. The average Bonchev–Trinajstić information content (AvgIpc) is 2.61. The molecule has 29 heavy (non-hydrogen) atoms. The third-order valence-electron chi connectivity index (χ3n) is 5.26. The topological polar surface area (TPSA) is 27.7 Å². The first-order valence-corrected chi connectivity index (χ1v) is 12.0. The second-order valence-electron chi connectivity index (χ2n) is 8.42. The van der Waals surface area contributed by atoms with Crippen LogP contribution in [0.15, 0.2) is 23.3 Å². The molecule has 0 radical (unpaired) electrons. The van der Waals surface area contributed by atoms with Crippen LogP contribution in [0.5, 0.6) is 0 Å². The summed E-state index contributed by atoms with van der Waals surface area (Å²) in [5, 5.41) is 0. The van der Waals surface area contributed by atoms with Gasteiger partial charge in [0.25, 0.3) is 0 Å². The van der Waals surface area contributed by atoms with Crippen LogP contribution in [0.25, 0.3) is 0 Å². The van der Waals surface area contributed by atoms with Crippen molar-refractivity contribution < 1.29 is 14.2 Å². The average molecular weight is 452 g/mol. The van der Waals surface area contributed by atoms with Crippen LogP contribution >= 0.6 is 23.2 Å². The molecule has 0 amide bonds. The summed E-state index contributed by atoms with van der Waals surface area (Å²) in [5.74, 6) is -0.716. The first-order chi connectivity index (χ1) is 13.6. The molecule has 4 unspecified atom stereocenters. The molecule has 0 aliphatic heterocycles. The molecule has 0 rings (SSSR count). The lowest BCUT2D eigenvalue weighted by Crippen LogP contribution is -2.53. The summed E-state index contributed by atoms with van der Waals surface area (Å²) >= 11 is 12.8. The Hall–Kier alpha value is -0.0600. The van der Waals surface area contributed by atoms with Gasteiger partial charge in [-0.05, 0) is 81.1 Å². The van der Waals surface area contributed by atoms with Crippen molar-refractivity contribution in [2.24, 2.45) is 11.8 Å². The normalized spacial score (nSPS) is 17.7. The summed E-state index contributed by atoms with van der Waals surface area (Å²) in [4.78, 5) is 0. The molecule has 0 fully saturated rings. The zero-order valence-electron chi connectivity index (χ0n) is 19.9. The van der Waals surface area contributed by atoms with Crippen LogP contribution in [0.4, 0.5) is 0 Å². The van der Waals surface area contributed by atoms with Crippen molar-refractivity contribution in [2.75, 3.05) is 25.0 Å². The Bertz CT molecular complexity index is 454.